The number of nitrogens with one attached hydrogen (secondary N) is 1. The molecular weight excluding hydrogens is 385 g/mol. The molecule has 0 saturated heterocycles. The van der Waals surface area contributed by atoms with Crippen LogP contribution in [0.25, 0.3) is 0 Å². The van der Waals surface area contributed by atoms with Crippen LogP contribution in [0, 0.1) is 0 Å². The maximum Gasteiger partial charge on any atom is 0.229 e. The van der Waals surface area contributed by atoms with Crippen molar-refractivity contribution in [1.82, 2.24) is 9.78 Å². The van der Waals surface area contributed by atoms with Gasteiger partial charge in [-0.1, -0.05) is 47.5 Å². The van der Waals surface area contributed by atoms with Crippen molar-refractivity contribution in [2.75, 3.05) is 11.9 Å². The second kappa shape index (κ2) is 8.93. The second-order valence-corrected chi connectivity index (χ2v) is 6.67. The topological polar surface area (TPSA) is 56.1 Å². The summed E-state index contributed by atoms with van der Waals surface area (Å²) in [5.74, 6) is 1.26. The summed E-state index contributed by atoms with van der Waals surface area (Å²) in [7, 11) is 0. The van der Waals surface area contributed by atoms with Crippen molar-refractivity contribution in [2.45, 2.75) is 19.9 Å². The van der Waals surface area contributed by atoms with Gasteiger partial charge in [0, 0.05) is 6.07 Å². The molecule has 1 heterocycles. The average molecular weight is 404 g/mol. The number of aromatic nitrogens is 2. The minimum absolute atomic E-state index is 0.127. The number of nitrogens with zero attached hydrogens (tertiary/aromatic N) is 2. The zero-order valence-corrected chi connectivity index (χ0v) is 16.3. The molecule has 7 heteroatoms. The Morgan fingerprint density at radius 2 is 1.93 bits per heavy atom. The molecule has 0 saturated carbocycles. The minimum Gasteiger partial charge on any atom is -0.494 e. The Kier molecular flexibility index (Phi) is 6.37. The molecule has 1 amide bonds. The third-order valence-corrected chi connectivity index (χ3v) is 4.79. The average Bonchev–Trinajstić information content (AvgIpc) is 3.07. The highest BCUT2D eigenvalue weighted by Crippen LogP contribution is 2.26. The molecular formula is C20H19Cl2N3O2. The number of halogens is 2. The smallest absolute Gasteiger partial charge is 0.229 e. The number of anilines is 1. The molecule has 1 aromatic heterocycles. The lowest BCUT2D eigenvalue weighted by Gasteiger charge is -2.11. The lowest BCUT2D eigenvalue weighted by Crippen LogP contribution is -2.18. The molecule has 0 aliphatic heterocycles. The molecule has 3 aromatic rings. The van der Waals surface area contributed by atoms with Crippen molar-refractivity contribution >= 4 is 34.9 Å². The molecule has 0 aliphatic carbocycles. The van der Waals surface area contributed by atoms with Gasteiger partial charge in [0.1, 0.15) is 11.6 Å². The summed E-state index contributed by atoms with van der Waals surface area (Å²) >= 11 is 12.3. The van der Waals surface area contributed by atoms with Crippen molar-refractivity contribution in [1.29, 1.82) is 0 Å². The summed E-state index contributed by atoms with van der Waals surface area (Å²) in [6.07, 6.45) is 1.89. The van der Waals surface area contributed by atoms with Gasteiger partial charge >= 0.3 is 0 Å². The minimum atomic E-state index is -0.127. The van der Waals surface area contributed by atoms with E-state index in [9.17, 15) is 4.79 Å². The molecule has 5 nitrogen and oxygen atoms in total. The van der Waals surface area contributed by atoms with Gasteiger partial charge in [-0.05, 0) is 36.2 Å². The zero-order valence-electron chi connectivity index (χ0n) is 14.8. The predicted molar refractivity (Wildman–Crippen MR) is 108 cm³/mol. The van der Waals surface area contributed by atoms with E-state index in [0.717, 1.165) is 16.9 Å². The molecule has 0 unspecified atom stereocenters. The molecule has 0 atom stereocenters. The van der Waals surface area contributed by atoms with E-state index in [0.29, 0.717) is 29.0 Å². The van der Waals surface area contributed by atoms with E-state index in [2.05, 4.69) is 10.4 Å². The van der Waals surface area contributed by atoms with Crippen molar-refractivity contribution in [2.24, 2.45) is 0 Å². The van der Waals surface area contributed by atoms with Gasteiger partial charge in [-0.15, -0.1) is 0 Å². The van der Waals surface area contributed by atoms with Gasteiger partial charge in [0.15, 0.2) is 0 Å². The van der Waals surface area contributed by atoms with E-state index in [1.807, 2.05) is 43.3 Å². The number of benzene rings is 2. The van der Waals surface area contributed by atoms with Crippen molar-refractivity contribution in [3.63, 3.8) is 0 Å². The van der Waals surface area contributed by atoms with E-state index >= 15 is 0 Å². The fourth-order valence-corrected chi connectivity index (χ4v) is 3.02. The van der Waals surface area contributed by atoms with E-state index in [4.69, 9.17) is 27.9 Å². The summed E-state index contributed by atoms with van der Waals surface area (Å²) in [6, 6.07) is 14.7. The van der Waals surface area contributed by atoms with Crippen molar-refractivity contribution in [3.05, 3.63) is 75.9 Å². The molecule has 0 spiro atoms. The van der Waals surface area contributed by atoms with E-state index in [1.54, 1.807) is 23.0 Å². The lowest BCUT2D eigenvalue weighted by molar-refractivity contribution is -0.115. The maximum absolute atomic E-state index is 12.4. The number of hydrogen-bond acceptors (Lipinski definition) is 3. The largest absolute Gasteiger partial charge is 0.494 e. The van der Waals surface area contributed by atoms with Crippen LogP contribution in [0.3, 0.4) is 0 Å². The summed E-state index contributed by atoms with van der Waals surface area (Å²) in [4.78, 5) is 12.4. The number of carbonyl (C=O) groups is 1. The Hall–Kier alpha value is -2.50. The fraction of sp³-hybridized carbons (Fsp3) is 0.200. The molecule has 140 valence electrons. The highest BCUT2D eigenvalue weighted by atomic mass is 35.5. The molecule has 0 radical (unpaired) electrons. The molecule has 0 aliphatic rings. The van der Waals surface area contributed by atoms with E-state index in [1.165, 1.54) is 0 Å². The number of amides is 1. The van der Waals surface area contributed by atoms with Crippen LogP contribution in [0.15, 0.2) is 54.7 Å². The quantitative estimate of drug-likeness (QED) is 0.615. The highest BCUT2D eigenvalue weighted by molar-refractivity contribution is 6.42. The first-order chi connectivity index (χ1) is 13.1. The fourth-order valence-electron chi connectivity index (χ4n) is 2.64. The van der Waals surface area contributed by atoms with Crippen LogP contribution in [-0.2, 0) is 17.8 Å². The van der Waals surface area contributed by atoms with Crippen LogP contribution >= 0.6 is 23.2 Å². The van der Waals surface area contributed by atoms with Crippen molar-refractivity contribution in [3.8, 4) is 5.75 Å². The van der Waals surface area contributed by atoms with Crippen LogP contribution in [0.5, 0.6) is 5.75 Å². The van der Waals surface area contributed by atoms with Gasteiger partial charge in [-0.25, -0.2) is 4.68 Å². The number of ether oxygens (including phenoxy) is 1. The van der Waals surface area contributed by atoms with Gasteiger partial charge in [0.05, 0.1) is 35.8 Å². The number of rotatable bonds is 7. The SMILES string of the molecule is CCOc1ccc(CC(=O)Nc2ccnn2Cc2cccc(Cl)c2Cl)cc1. The third-order valence-electron chi connectivity index (χ3n) is 3.93. The Morgan fingerprint density at radius 3 is 2.67 bits per heavy atom. The number of carbonyl (C=O) groups excluding carboxylic acids is 1. The molecule has 0 bridgehead atoms. The second-order valence-electron chi connectivity index (χ2n) is 5.89. The first-order valence-electron chi connectivity index (χ1n) is 8.53. The maximum atomic E-state index is 12.4. The van der Waals surface area contributed by atoms with E-state index < -0.39 is 0 Å². The predicted octanol–water partition coefficient (Wildman–Crippen LogP) is 4.82. The van der Waals surface area contributed by atoms with Crippen LogP contribution in [0.4, 0.5) is 5.82 Å². The Balaban J connectivity index is 1.65. The van der Waals surface area contributed by atoms with Gasteiger partial charge in [-0.3, -0.25) is 4.79 Å². The Bertz CT molecular complexity index is 923. The van der Waals surface area contributed by atoms with E-state index in [-0.39, 0.29) is 12.3 Å². The monoisotopic (exact) mass is 403 g/mol. The summed E-state index contributed by atoms with van der Waals surface area (Å²) < 4.78 is 7.08. The summed E-state index contributed by atoms with van der Waals surface area (Å²) in [5.41, 5.74) is 1.73. The highest BCUT2D eigenvalue weighted by Gasteiger charge is 2.11. The van der Waals surface area contributed by atoms with Gasteiger partial charge in [0.2, 0.25) is 5.91 Å². The van der Waals surface area contributed by atoms with Crippen molar-refractivity contribution < 1.29 is 9.53 Å². The summed E-state index contributed by atoms with van der Waals surface area (Å²) in [5, 5.41) is 8.12. The normalized spacial score (nSPS) is 10.6. The van der Waals surface area contributed by atoms with Crippen LogP contribution in [0.2, 0.25) is 10.0 Å². The number of hydrogen-bond donors (Lipinski definition) is 1. The lowest BCUT2D eigenvalue weighted by atomic mass is 10.1. The first kappa shape index (κ1) is 19.3. The molecule has 1 N–H and O–H groups in total. The molecule has 3 rings (SSSR count). The third kappa shape index (κ3) is 5.02. The zero-order chi connectivity index (χ0) is 19.2. The van der Waals surface area contributed by atoms with Crippen LogP contribution in [-0.4, -0.2) is 22.3 Å². The summed E-state index contributed by atoms with van der Waals surface area (Å²) in [6.45, 7) is 2.95. The van der Waals surface area contributed by atoms with Gasteiger partial charge in [0.25, 0.3) is 0 Å². The molecule has 0 fully saturated rings. The first-order valence-corrected chi connectivity index (χ1v) is 9.28. The molecule has 27 heavy (non-hydrogen) atoms. The van der Waals surface area contributed by atoms with Crippen LogP contribution < -0.4 is 10.1 Å². The standard InChI is InChI=1S/C20H19Cl2N3O2/c1-2-27-16-8-6-14(7-9-16)12-19(26)24-18-10-11-23-25(18)13-15-4-3-5-17(21)20(15)22/h3-11H,2,12-13H2,1H3,(H,24,26). The Morgan fingerprint density at radius 1 is 1.15 bits per heavy atom. The van der Waals surface area contributed by atoms with Crippen LogP contribution in [0.1, 0.15) is 18.1 Å². The van der Waals surface area contributed by atoms with Gasteiger partial charge < -0.3 is 10.1 Å². The Labute approximate surface area is 167 Å². The van der Waals surface area contributed by atoms with Gasteiger partial charge in [-0.2, -0.15) is 5.10 Å². The molecule has 2 aromatic carbocycles.